The average molecular weight is 262 g/mol. The number of hydrogen-bond donors (Lipinski definition) is 0. The molecule has 0 fully saturated rings. The van der Waals surface area contributed by atoms with Crippen molar-refractivity contribution in [2.45, 2.75) is 33.2 Å². The van der Waals surface area contributed by atoms with Crippen LogP contribution in [0.5, 0.6) is 5.75 Å². The molecule has 0 bridgehead atoms. The second-order valence-electron chi connectivity index (χ2n) is 4.46. The highest BCUT2D eigenvalue weighted by atomic mass is 19.1. The Labute approximate surface area is 113 Å². The molecule has 0 saturated carbocycles. The first-order valence-corrected chi connectivity index (χ1v) is 6.56. The second kappa shape index (κ2) is 5.87. The monoisotopic (exact) mass is 262 g/mol. The molecule has 0 radical (unpaired) electrons. The van der Waals surface area contributed by atoms with Gasteiger partial charge in [0.05, 0.1) is 19.3 Å². The summed E-state index contributed by atoms with van der Waals surface area (Å²) in [4.78, 5) is 0. The maximum Gasteiger partial charge on any atom is 0.165 e. The van der Waals surface area contributed by atoms with Crippen molar-refractivity contribution in [3.8, 4) is 5.75 Å². The predicted molar refractivity (Wildman–Crippen MR) is 73.0 cm³/mol. The Balaban J connectivity index is 2.25. The Hall–Kier alpha value is -1.84. The SMILES string of the molecule is CCc1cc(CC)n(Cc2ccc(OC)c(F)c2)n1. The van der Waals surface area contributed by atoms with Crippen LogP contribution in [0.15, 0.2) is 24.3 Å². The third-order valence-electron chi connectivity index (χ3n) is 3.19. The topological polar surface area (TPSA) is 27.1 Å². The van der Waals surface area contributed by atoms with Crippen LogP contribution in [0.2, 0.25) is 0 Å². The van der Waals surface area contributed by atoms with E-state index >= 15 is 0 Å². The van der Waals surface area contributed by atoms with Crippen molar-refractivity contribution < 1.29 is 9.13 Å². The molecule has 0 aliphatic heterocycles. The molecule has 0 N–H and O–H groups in total. The number of methoxy groups -OCH3 is 1. The van der Waals surface area contributed by atoms with Gasteiger partial charge in [-0.15, -0.1) is 0 Å². The molecule has 0 aliphatic rings. The van der Waals surface area contributed by atoms with Gasteiger partial charge in [0.15, 0.2) is 11.6 Å². The second-order valence-corrected chi connectivity index (χ2v) is 4.46. The molecule has 3 nitrogen and oxygen atoms in total. The molecule has 2 aromatic rings. The van der Waals surface area contributed by atoms with E-state index in [1.54, 1.807) is 6.07 Å². The van der Waals surface area contributed by atoms with Gasteiger partial charge in [-0.1, -0.05) is 19.9 Å². The predicted octanol–water partition coefficient (Wildman–Crippen LogP) is 3.20. The fraction of sp³-hybridized carbons (Fsp3) is 0.400. The highest BCUT2D eigenvalue weighted by Crippen LogP contribution is 2.19. The first kappa shape index (κ1) is 13.6. The van der Waals surface area contributed by atoms with Gasteiger partial charge in [-0.25, -0.2) is 4.39 Å². The fourth-order valence-corrected chi connectivity index (χ4v) is 2.09. The van der Waals surface area contributed by atoms with E-state index in [1.165, 1.54) is 18.9 Å². The zero-order chi connectivity index (χ0) is 13.8. The minimum atomic E-state index is -0.332. The molecule has 102 valence electrons. The van der Waals surface area contributed by atoms with Crippen LogP contribution in [0.3, 0.4) is 0 Å². The number of ether oxygens (including phenoxy) is 1. The van der Waals surface area contributed by atoms with Gasteiger partial charge >= 0.3 is 0 Å². The maximum atomic E-state index is 13.7. The number of aryl methyl sites for hydroxylation is 2. The van der Waals surface area contributed by atoms with E-state index in [-0.39, 0.29) is 11.6 Å². The summed E-state index contributed by atoms with van der Waals surface area (Å²) in [5, 5.41) is 4.53. The number of aromatic nitrogens is 2. The van der Waals surface area contributed by atoms with Crippen molar-refractivity contribution in [3.63, 3.8) is 0 Å². The lowest BCUT2D eigenvalue weighted by molar-refractivity contribution is 0.386. The van der Waals surface area contributed by atoms with Crippen molar-refractivity contribution in [1.29, 1.82) is 0 Å². The van der Waals surface area contributed by atoms with Crippen LogP contribution in [0.4, 0.5) is 4.39 Å². The van der Waals surface area contributed by atoms with Gasteiger partial charge in [-0.05, 0) is 36.6 Å². The van der Waals surface area contributed by atoms with E-state index in [4.69, 9.17) is 4.74 Å². The summed E-state index contributed by atoms with van der Waals surface area (Å²) in [6.45, 7) is 4.77. The van der Waals surface area contributed by atoms with E-state index in [9.17, 15) is 4.39 Å². The molecule has 0 aliphatic carbocycles. The lowest BCUT2D eigenvalue weighted by atomic mass is 10.2. The van der Waals surface area contributed by atoms with Crippen LogP contribution in [-0.2, 0) is 19.4 Å². The molecule has 0 saturated heterocycles. The van der Waals surface area contributed by atoms with Gasteiger partial charge in [0, 0.05) is 5.69 Å². The van der Waals surface area contributed by atoms with Gasteiger partial charge < -0.3 is 4.74 Å². The van der Waals surface area contributed by atoms with Crippen molar-refractivity contribution in [3.05, 3.63) is 47.0 Å². The smallest absolute Gasteiger partial charge is 0.165 e. The molecule has 2 rings (SSSR count). The van der Waals surface area contributed by atoms with Gasteiger partial charge in [0.2, 0.25) is 0 Å². The zero-order valence-electron chi connectivity index (χ0n) is 11.6. The largest absolute Gasteiger partial charge is 0.494 e. The average Bonchev–Trinajstić information content (AvgIpc) is 2.81. The molecule has 0 atom stereocenters. The Morgan fingerprint density at radius 1 is 1.21 bits per heavy atom. The molecule has 0 amide bonds. The van der Waals surface area contributed by atoms with Crippen molar-refractivity contribution in [2.75, 3.05) is 7.11 Å². The summed E-state index contributed by atoms with van der Waals surface area (Å²) < 4.78 is 20.5. The fourth-order valence-electron chi connectivity index (χ4n) is 2.09. The van der Waals surface area contributed by atoms with Crippen LogP contribution >= 0.6 is 0 Å². The molecule has 0 spiro atoms. The number of nitrogens with zero attached hydrogens (tertiary/aromatic N) is 2. The molecule has 1 aromatic heterocycles. The summed E-state index contributed by atoms with van der Waals surface area (Å²) in [5.74, 6) is -0.0601. The lowest BCUT2D eigenvalue weighted by Gasteiger charge is -2.08. The normalized spacial score (nSPS) is 10.7. The third-order valence-corrected chi connectivity index (χ3v) is 3.19. The molecular weight excluding hydrogens is 243 g/mol. The number of rotatable bonds is 5. The number of benzene rings is 1. The van der Waals surface area contributed by atoms with Gasteiger partial charge in [-0.2, -0.15) is 5.10 Å². The summed E-state index contributed by atoms with van der Waals surface area (Å²) >= 11 is 0. The highest BCUT2D eigenvalue weighted by molar-refractivity contribution is 5.29. The molecule has 0 unspecified atom stereocenters. The molecule has 4 heteroatoms. The van der Waals surface area contributed by atoms with Crippen LogP contribution < -0.4 is 4.74 Å². The van der Waals surface area contributed by atoms with E-state index in [0.29, 0.717) is 6.54 Å². The van der Waals surface area contributed by atoms with Crippen molar-refractivity contribution >= 4 is 0 Å². The Morgan fingerprint density at radius 2 is 2.00 bits per heavy atom. The van der Waals surface area contributed by atoms with Crippen LogP contribution in [-0.4, -0.2) is 16.9 Å². The van der Waals surface area contributed by atoms with Crippen LogP contribution in [0.1, 0.15) is 30.8 Å². The first-order valence-electron chi connectivity index (χ1n) is 6.56. The summed E-state index contributed by atoms with van der Waals surface area (Å²) in [7, 11) is 1.47. The minimum absolute atomic E-state index is 0.272. The number of halogens is 1. The Kier molecular flexibility index (Phi) is 4.20. The minimum Gasteiger partial charge on any atom is -0.494 e. The Bertz CT molecular complexity index is 563. The quantitative estimate of drug-likeness (QED) is 0.827. The van der Waals surface area contributed by atoms with Crippen molar-refractivity contribution in [1.82, 2.24) is 9.78 Å². The first-order chi connectivity index (χ1) is 9.17. The third kappa shape index (κ3) is 2.95. The van der Waals surface area contributed by atoms with E-state index in [1.807, 2.05) is 10.7 Å². The van der Waals surface area contributed by atoms with E-state index in [0.717, 1.165) is 24.1 Å². The Morgan fingerprint density at radius 3 is 2.58 bits per heavy atom. The van der Waals surface area contributed by atoms with Gasteiger partial charge in [0.1, 0.15) is 0 Å². The summed E-state index contributed by atoms with van der Waals surface area (Å²) in [6.07, 6.45) is 1.84. The molecule has 1 aromatic carbocycles. The van der Waals surface area contributed by atoms with Crippen LogP contribution in [0.25, 0.3) is 0 Å². The maximum absolute atomic E-state index is 13.7. The van der Waals surface area contributed by atoms with E-state index in [2.05, 4.69) is 25.0 Å². The molecule has 19 heavy (non-hydrogen) atoms. The highest BCUT2D eigenvalue weighted by Gasteiger charge is 2.08. The van der Waals surface area contributed by atoms with Crippen molar-refractivity contribution in [2.24, 2.45) is 0 Å². The standard InChI is InChI=1S/C15H19FN2O/c1-4-12-9-13(5-2)18(17-12)10-11-6-7-15(19-3)14(16)8-11/h6-9H,4-5,10H2,1-3H3. The molecule has 1 heterocycles. The van der Waals surface area contributed by atoms with Gasteiger partial charge in [0.25, 0.3) is 0 Å². The summed E-state index contributed by atoms with van der Waals surface area (Å²) in [6, 6.07) is 7.14. The zero-order valence-corrected chi connectivity index (χ0v) is 11.6. The van der Waals surface area contributed by atoms with Gasteiger partial charge in [-0.3, -0.25) is 4.68 Å². The van der Waals surface area contributed by atoms with E-state index < -0.39 is 0 Å². The summed E-state index contributed by atoms with van der Waals surface area (Å²) in [5.41, 5.74) is 3.14. The van der Waals surface area contributed by atoms with Crippen LogP contribution in [0, 0.1) is 5.82 Å². The number of hydrogen-bond acceptors (Lipinski definition) is 2. The lowest BCUT2D eigenvalue weighted by Crippen LogP contribution is -2.06. The molecular formula is C15H19FN2O.